The van der Waals surface area contributed by atoms with E-state index < -0.39 is 5.91 Å². The van der Waals surface area contributed by atoms with Crippen LogP contribution in [-0.2, 0) is 4.84 Å². The minimum atomic E-state index is -0.503. The lowest BCUT2D eigenvalue weighted by atomic mass is 10.1. The van der Waals surface area contributed by atoms with Crippen molar-refractivity contribution in [3.8, 4) is 17.2 Å². The summed E-state index contributed by atoms with van der Waals surface area (Å²) in [6, 6.07) is 6.28. The van der Waals surface area contributed by atoms with Crippen LogP contribution in [0.1, 0.15) is 27.6 Å². The van der Waals surface area contributed by atoms with Crippen LogP contribution in [0.25, 0.3) is 10.9 Å². The summed E-state index contributed by atoms with van der Waals surface area (Å²) in [5, 5.41) is 3.72. The van der Waals surface area contributed by atoms with Crippen molar-refractivity contribution in [1.29, 1.82) is 0 Å². The van der Waals surface area contributed by atoms with Crippen LogP contribution in [0.4, 0.5) is 11.4 Å². The predicted octanol–water partition coefficient (Wildman–Crippen LogP) is 3.81. The summed E-state index contributed by atoms with van der Waals surface area (Å²) in [6.07, 6.45) is 2.20. The monoisotopic (exact) mass is 444 g/mol. The third-order valence-corrected chi connectivity index (χ3v) is 4.85. The molecule has 0 saturated heterocycles. The van der Waals surface area contributed by atoms with Gasteiger partial charge in [0.05, 0.1) is 41.7 Å². The second kappa shape index (κ2) is 9.50. The van der Waals surface area contributed by atoms with E-state index in [1.54, 1.807) is 18.2 Å². The highest BCUT2D eigenvalue weighted by atomic mass is 35.5. The van der Waals surface area contributed by atoms with Gasteiger partial charge in [0, 0.05) is 29.8 Å². The lowest BCUT2D eigenvalue weighted by Gasteiger charge is -2.17. The maximum atomic E-state index is 12.4. The summed E-state index contributed by atoms with van der Waals surface area (Å²) in [4.78, 5) is 32.9. The first kappa shape index (κ1) is 22.1. The first-order valence-corrected chi connectivity index (χ1v) is 9.61. The first-order chi connectivity index (χ1) is 14.9. The molecule has 1 heterocycles. The van der Waals surface area contributed by atoms with Crippen molar-refractivity contribution in [3.63, 3.8) is 0 Å². The number of hydrogen-bond acceptors (Lipinski definition) is 8. The fourth-order valence-electron chi connectivity index (χ4n) is 3.04. The molecule has 0 unspecified atom stereocenters. The van der Waals surface area contributed by atoms with Crippen LogP contribution in [0.15, 0.2) is 30.5 Å². The van der Waals surface area contributed by atoms with Crippen molar-refractivity contribution < 1.29 is 23.9 Å². The zero-order valence-electron chi connectivity index (χ0n) is 17.1. The third kappa shape index (κ3) is 4.32. The Morgan fingerprint density at radius 1 is 1.23 bits per heavy atom. The predicted molar refractivity (Wildman–Crippen MR) is 118 cm³/mol. The minimum Gasteiger partial charge on any atom is -0.496 e. The number of hydrogen-bond donors (Lipinski definition) is 3. The Kier molecular flexibility index (Phi) is 6.78. The molecule has 0 radical (unpaired) electrons. The normalized spacial score (nSPS) is 10.6. The van der Waals surface area contributed by atoms with E-state index in [1.807, 2.05) is 6.92 Å². The van der Waals surface area contributed by atoms with Crippen LogP contribution in [0.3, 0.4) is 0 Å². The van der Waals surface area contributed by atoms with E-state index in [9.17, 15) is 9.59 Å². The SMILES string of the molecule is CCNc1c(C=O)cc(Oc2ccnc3cc(OC)c(C(=O)NOC)cc23)c(N)c1Cl. The zero-order chi connectivity index (χ0) is 22.5. The molecule has 10 heteroatoms. The molecule has 0 aliphatic rings. The largest absolute Gasteiger partial charge is 0.496 e. The number of aromatic nitrogens is 1. The lowest BCUT2D eigenvalue weighted by Crippen LogP contribution is -2.22. The highest BCUT2D eigenvalue weighted by Crippen LogP contribution is 2.41. The van der Waals surface area contributed by atoms with E-state index in [2.05, 4.69) is 15.8 Å². The standard InChI is InChI=1S/C21H21ClN4O5/c1-4-24-20-11(10-27)7-17(19(23)18(20)22)31-15-5-6-25-14-9-16(29-2)13(8-12(14)15)21(28)26-30-3/h5-10,24H,4,23H2,1-3H3,(H,26,28). The number of nitrogens with one attached hydrogen (secondary N) is 2. The number of fused-ring (bicyclic) bond motifs is 1. The van der Waals surface area contributed by atoms with Gasteiger partial charge in [0.25, 0.3) is 5.91 Å². The van der Waals surface area contributed by atoms with Crippen LogP contribution >= 0.6 is 11.6 Å². The number of nitrogens with zero attached hydrogens (tertiary/aromatic N) is 1. The molecule has 4 N–H and O–H groups in total. The number of anilines is 2. The van der Waals surface area contributed by atoms with Crippen LogP contribution in [0, 0.1) is 0 Å². The third-order valence-electron chi connectivity index (χ3n) is 4.46. The van der Waals surface area contributed by atoms with Gasteiger partial charge in [0.1, 0.15) is 11.5 Å². The van der Waals surface area contributed by atoms with Gasteiger partial charge in [0.2, 0.25) is 0 Å². The number of carbonyl (C=O) groups is 2. The summed E-state index contributed by atoms with van der Waals surface area (Å²) in [7, 11) is 2.77. The van der Waals surface area contributed by atoms with Gasteiger partial charge in [-0.2, -0.15) is 0 Å². The molecule has 0 aliphatic heterocycles. The van der Waals surface area contributed by atoms with Gasteiger partial charge in [-0.25, -0.2) is 5.48 Å². The van der Waals surface area contributed by atoms with Gasteiger partial charge in [-0.1, -0.05) is 11.6 Å². The molecule has 0 saturated carbocycles. The summed E-state index contributed by atoms with van der Waals surface area (Å²) in [5.74, 6) is 0.360. The van der Waals surface area contributed by atoms with Gasteiger partial charge in [0.15, 0.2) is 12.0 Å². The molecule has 0 atom stereocenters. The van der Waals surface area contributed by atoms with Crippen molar-refractivity contribution in [2.45, 2.75) is 6.92 Å². The van der Waals surface area contributed by atoms with E-state index >= 15 is 0 Å². The fraction of sp³-hybridized carbons (Fsp3) is 0.190. The maximum Gasteiger partial charge on any atom is 0.278 e. The number of methoxy groups -OCH3 is 1. The highest BCUT2D eigenvalue weighted by molar-refractivity contribution is 6.36. The minimum absolute atomic E-state index is 0.166. The molecule has 31 heavy (non-hydrogen) atoms. The van der Waals surface area contributed by atoms with E-state index in [0.717, 1.165) is 0 Å². The number of rotatable bonds is 8. The van der Waals surface area contributed by atoms with E-state index in [-0.39, 0.29) is 22.0 Å². The van der Waals surface area contributed by atoms with Crippen molar-refractivity contribution >= 4 is 46.1 Å². The van der Waals surface area contributed by atoms with E-state index in [1.165, 1.54) is 26.5 Å². The Balaban J connectivity index is 2.14. The average Bonchev–Trinajstić information content (AvgIpc) is 2.78. The van der Waals surface area contributed by atoms with Crippen molar-refractivity contribution in [3.05, 3.63) is 46.6 Å². The highest BCUT2D eigenvalue weighted by Gasteiger charge is 2.19. The van der Waals surface area contributed by atoms with E-state index in [4.69, 9.17) is 31.6 Å². The zero-order valence-corrected chi connectivity index (χ0v) is 17.9. The van der Waals surface area contributed by atoms with Gasteiger partial charge in [-0.05, 0) is 25.1 Å². The number of nitrogen functional groups attached to an aromatic ring is 1. The molecule has 0 bridgehead atoms. The van der Waals surface area contributed by atoms with Crippen molar-refractivity contribution in [2.75, 3.05) is 31.8 Å². The Morgan fingerprint density at radius 3 is 2.65 bits per heavy atom. The number of aldehydes is 1. The number of halogens is 1. The second-order valence-corrected chi connectivity index (χ2v) is 6.71. The summed E-state index contributed by atoms with van der Waals surface area (Å²) in [5.41, 5.74) is 10.1. The summed E-state index contributed by atoms with van der Waals surface area (Å²) >= 11 is 6.36. The molecule has 3 rings (SSSR count). The molecule has 1 aromatic heterocycles. The number of benzene rings is 2. The fourth-order valence-corrected chi connectivity index (χ4v) is 3.31. The summed E-state index contributed by atoms with van der Waals surface area (Å²) in [6.45, 7) is 2.43. The maximum absolute atomic E-state index is 12.4. The average molecular weight is 445 g/mol. The molecule has 2 aromatic carbocycles. The number of hydroxylamine groups is 1. The molecule has 0 aliphatic carbocycles. The topological polar surface area (TPSA) is 125 Å². The van der Waals surface area contributed by atoms with Crippen LogP contribution in [0.2, 0.25) is 5.02 Å². The molecule has 0 spiro atoms. The van der Waals surface area contributed by atoms with Crippen LogP contribution < -0.4 is 26.0 Å². The van der Waals surface area contributed by atoms with Gasteiger partial charge < -0.3 is 20.5 Å². The van der Waals surface area contributed by atoms with Crippen LogP contribution in [-0.4, -0.2) is 37.9 Å². The molecule has 162 valence electrons. The molecule has 1 amide bonds. The summed E-state index contributed by atoms with van der Waals surface area (Å²) < 4.78 is 11.3. The molecular weight excluding hydrogens is 424 g/mol. The van der Waals surface area contributed by atoms with Gasteiger partial charge in [-0.3, -0.25) is 19.4 Å². The molecule has 3 aromatic rings. The number of pyridine rings is 1. The van der Waals surface area contributed by atoms with Gasteiger partial charge in [-0.15, -0.1) is 0 Å². The molecular formula is C21H21ClN4O5. The Morgan fingerprint density at radius 2 is 2.00 bits per heavy atom. The number of carbonyl (C=O) groups excluding carboxylic acids is 2. The number of nitrogens with two attached hydrogens (primary N) is 1. The number of amides is 1. The van der Waals surface area contributed by atoms with Crippen molar-refractivity contribution in [2.24, 2.45) is 0 Å². The van der Waals surface area contributed by atoms with Crippen molar-refractivity contribution in [1.82, 2.24) is 10.5 Å². The Bertz CT molecular complexity index is 1150. The van der Waals surface area contributed by atoms with E-state index in [0.29, 0.717) is 46.5 Å². The molecule has 9 nitrogen and oxygen atoms in total. The first-order valence-electron chi connectivity index (χ1n) is 9.24. The lowest BCUT2D eigenvalue weighted by molar-refractivity contribution is 0.0535. The van der Waals surface area contributed by atoms with Crippen LogP contribution in [0.5, 0.6) is 17.2 Å². The Hall–Kier alpha value is -3.56. The molecule has 0 fully saturated rings. The quantitative estimate of drug-likeness (QED) is 0.272. The van der Waals surface area contributed by atoms with Gasteiger partial charge >= 0.3 is 0 Å². The smallest absolute Gasteiger partial charge is 0.278 e. The Labute approximate surface area is 183 Å². The number of ether oxygens (including phenoxy) is 2. The second-order valence-electron chi connectivity index (χ2n) is 6.33.